The highest BCUT2D eigenvalue weighted by molar-refractivity contribution is 5.72. The second kappa shape index (κ2) is 6.56. The summed E-state index contributed by atoms with van der Waals surface area (Å²) < 4.78 is 18.0. The van der Waals surface area contributed by atoms with Crippen molar-refractivity contribution in [1.29, 1.82) is 0 Å². The molecule has 6 heteroatoms. The Hall–Kier alpha value is -0.690. The quantitative estimate of drug-likeness (QED) is 0.738. The number of hydrogen-bond donors (Lipinski definition) is 2. The van der Waals surface area contributed by atoms with Gasteiger partial charge < -0.3 is 24.4 Å². The van der Waals surface area contributed by atoms with E-state index in [0.29, 0.717) is 12.8 Å². The minimum Gasteiger partial charge on any atom is -0.457 e. The number of carbonyl (C=O) groups is 1. The molecular formula is C18H30O6. The first-order valence-electron chi connectivity index (χ1n) is 9.11. The van der Waals surface area contributed by atoms with E-state index in [2.05, 4.69) is 6.92 Å². The van der Waals surface area contributed by atoms with E-state index in [9.17, 15) is 15.0 Å². The van der Waals surface area contributed by atoms with E-state index >= 15 is 0 Å². The second-order valence-electron chi connectivity index (χ2n) is 8.14. The molecule has 2 unspecified atom stereocenters. The number of hydrogen-bond acceptors (Lipinski definition) is 6. The molecule has 0 saturated carbocycles. The van der Waals surface area contributed by atoms with Gasteiger partial charge in [0.05, 0.1) is 30.0 Å². The van der Waals surface area contributed by atoms with Gasteiger partial charge >= 0.3 is 5.97 Å². The zero-order chi connectivity index (χ0) is 17.5. The van der Waals surface area contributed by atoms with E-state index in [1.807, 2.05) is 13.8 Å². The summed E-state index contributed by atoms with van der Waals surface area (Å²) in [7, 11) is 0. The molecule has 0 spiro atoms. The van der Waals surface area contributed by atoms with Gasteiger partial charge in [0.25, 0.3) is 0 Å². The minimum absolute atomic E-state index is 0.0503. The largest absolute Gasteiger partial charge is 0.457 e. The molecule has 3 fully saturated rings. The van der Waals surface area contributed by atoms with Crippen LogP contribution in [0.1, 0.15) is 59.3 Å². The fraction of sp³-hybridized carbons (Fsp3) is 0.944. The number of ether oxygens (including phenoxy) is 3. The molecule has 3 aliphatic rings. The molecule has 6 nitrogen and oxygen atoms in total. The Bertz CT molecular complexity index is 482. The summed E-state index contributed by atoms with van der Waals surface area (Å²) >= 11 is 0. The van der Waals surface area contributed by atoms with Gasteiger partial charge in [-0.05, 0) is 46.0 Å². The maximum Gasteiger partial charge on any atom is 0.306 e. The van der Waals surface area contributed by atoms with Crippen molar-refractivity contribution in [3.8, 4) is 0 Å². The average molecular weight is 342 g/mol. The molecule has 3 saturated heterocycles. The van der Waals surface area contributed by atoms with Crippen molar-refractivity contribution in [2.45, 2.75) is 94.9 Å². The highest BCUT2D eigenvalue weighted by Gasteiger charge is 2.54. The number of aliphatic hydroxyl groups excluding tert-OH is 2. The van der Waals surface area contributed by atoms with Gasteiger partial charge in [0.2, 0.25) is 0 Å². The highest BCUT2D eigenvalue weighted by atomic mass is 16.6. The highest BCUT2D eigenvalue weighted by Crippen LogP contribution is 2.46. The van der Waals surface area contributed by atoms with Gasteiger partial charge in [-0.2, -0.15) is 0 Å². The SMILES string of the molecule is C[C@@H](CO)C(O)C1CC[C@H]([C@]2(C)CC[C@H]([C@]3(C)CCC(=O)O3)O2)O1. The number of rotatable bonds is 5. The van der Waals surface area contributed by atoms with E-state index < -0.39 is 17.3 Å². The summed E-state index contributed by atoms with van der Waals surface area (Å²) in [5, 5.41) is 19.5. The Kier molecular flexibility index (Phi) is 4.95. The van der Waals surface area contributed by atoms with Crippen molar-refractivity contribution in [3.63, 3.8) is 0 Å². The first kappa shape index (κ1) is 18.1. The lowest BCUT2D eigenvalue weighted by Crippen LogP contribution is -2.45. The van der Waals surface area contributed by atoms with Crippen LogP contribution in [0.3, 0.4) is 0 Å². The van der Waals surface area contributed by atoms with Crippen molar-refractivity contribution in [3.05, 3.63) is 0 Å². The van der Waals surface area contributed by atoms with Crippen LogP contribution in [0.2, 0.25) is 0 Å². The van der Waals surface area contributed by atoms with Crippen LogP contribution < -0.4 is 0 Å². The standard InChI is InChI=1S/C18H30O6/c1-11(10-19)16(21)12-4-5-13(22-12)17(2)8-6-14(23-17)18(3)9-7-15(20)24-18/h11-14,16,19,21H,4-10H2,1-3H3/t11-,12?,13+,14+,16?,17-,18-/m0/s1. The molecule has 0 aromatic carbocycles. The third-order valence-electron chi connectivity index (χ3n) is 6.15. The summed E-state index contributed by atoms with van der Waals surface area (Å²) in [6.45, 7) is 5.78. The van der Waals surface area contributed by atoms with E-state index in [1.54, 1.807) is 0 Å². The van der Waals surface area contributed by atoms with Crippen LogP contribution in [0.25, 0.3) is 0 Å². The molecule has 24 heavy (non-hydrogen) atoms. The van der Waals surface area contributed by atoms with Gasteiger partial charge in [-0.15, -0.1) is 0 Å². The Morgan fingerprint density at radius 2 is 1.92 bits per heavy atom. The average Bonchev–Trinajstić information content (AvgIpc) is 3.26. The van der Waals surface area contributed by atoms with Gasteiger partial charge in [0, 0.05) is 18.9 Å². The summed E-state index contributed by atoms with van der Waals surface area (Å²) in [6, 6.07) is 0. The Labute approximate surface area is 143 Å². The minimum atomic E-state index is -0.658. The number of esters is 1. The zero-order valence-electron chi connectivity index (χ0n) is 14.9. The predicted molar refractivity (Wildman–Crippen MR) is 86.4 cm³/mol. The van der Waals surface area contributed by atoms with Crippen molar-refractivity contribution in [2.75, 3.05) is 6.61 Å². The Morgan fingerprint density at radius 3 is 2.54 bits per heavy atom. The molecule has 0 bridgehead atoms. The Balaban J connectivity index is 1.61. The van der Waals surface area contributed by atoms with Crippen LogP contribution in [-0.2, 0) is 19.0 Å². The molecule has 0 aromatic heterocycles. The fourth-order valence-electron chi connectivity index (χ4n) is 4.30. The maximum atomic E-state index is 11.5. The van der Waals surface area contributed by atoms with Crippen LogP contribution in [0.5, 0.6) is 0 Å². The second-order valence-corrected chi connectivity index (χ2v) is 8.14. The topological polar surface area (TPSA) is 85.2 Å². The monoisotopic (exact) mass is 342 g/mol. The van der Waals surface area contributed by atoms with E-state index in [1.165, 1.54) is 0 Å². The molecule has 3 aliphatic heterocycles. The van der Waals surface area contributed by atoms with Crippen LogP contribution in [0.4, 0.5) is 0 Å². The molecular weight excluding hydrogens is 312 g/mol. The zero-order valence-corrected chi connectivity index (χ0v) is 14.9. The van der Waals surface area contributed by atoms with Crippen LogP contribution in [0.15, 0.2) is 0 Å². The molecule has 0 aromatic rings. The summed E-state index contributed by atoms with van der Waals surface area (Å²) in [6.07, 6.45) is 3.38. The summed E-state index contributed by atoms with van der Waals surface area (Å²) in [4.78, 5) is 11.5. The molecule has 3 rings (SSSR count). The maximum absolute atomic E-state index is 11.5. The molecule has 0 aliphatic carbocycles. The van der Waals surface area contributed by atoms with Gasteiger partial charge in [0.15, 0.2) is 0 Å². The lowest BCUT2D eigenvalue weighted by Gasteiger charge is -2.35. The van der Waals surface area contributed by atoms with Crippen molar-refractivity contribution in [1.82, 2.24) is 0 Å². The third-order valence-corrected chi connectivity index (χ3v) is 6.15. The first-order valence-corrected chi connectivity index (χ1v) is 9.11. The van der Waals surface area contributed by atoms with Crippen LogP contribution in [-0.4, -0.2) is 58.4 Å². The van der Waals surface area contributed by atoms with Crippen molar-refractivity contribution >= 4 is 5.97 Å². The van der Waals surface area contributed by atoms with Gasteiger partial charge in [-0.1, -0.05) is 6.92 Å². The van der Waals surface area contributed by atoms with Crippen molar-refractivity contribution < 1.29 is 29.2 Å². The molecule has 2 N–H and O–H groups in total. The third kappa shape index (κ3) is 3.21. The van der Waals surface area contributed by atoms with E-state index in [-0.39, 0.29) is 36.8 Å². The molecule has 138 valence electrons. The smallest absolute Gasteiger partial charge is 0.306 e. The van der Waals surface area contributed by atoms with Crippen LogP contribution in [0, 0.1) is 5.92 Å². The van der Waals surface area contributed by atoms with Crippen LogP contribution >= 0.6 is 0 Å². The summed E-state index contributed by atoms with van der Waals surface area (Å²) in [5.74, 6) is -0.344. The lowest BCUT2D eigenvalue weighted by molar-refractivity contribution is -0.185. The molecule has 3 heterocycles. The van der Waals surface area contributed by atoms with E-state index in [0.717, 1.165) is 25.7 Å². The van der Waals surface area contributed by atoms with Gasteiger partial charge in [-0.25, -0.2) is 0 Å². The predicted octanol–water partition coefficient (Wildman–Crippen LogP) is 1.56. The number of carbonyl (C=O) groups excluding carboxylic acids is 1. The fourth-order valence-corrected chi connectivity index (χ4v) is 4.30. The number of aliphatic hydroxyl groups is 2. The summed E-state index contributed by atoms with van der Waals surface area (Å²) in [5.41, 5.74) is -0.947. The van der Waals surface area contributed by atoms with Crippen molar-refractivity contribution in [2.24, 2.45) is 5.92 Å². The molecule has 0 amide bonds. The lowest BCUT2D eigenvalue weighted by atomic mass is 9.90. The number of cyclic esters (lactones) is 1. The molecule has 7 atom stereocenters. The van der Waals surface area contributed by atoms with Gasteiger partial charge in [-0.3, -0.25) is 4.79 Å². The first-order chi connectivity index (χ1) is 11.3. The molecule has 0 radical (unpaired) electrons. The Morgan fingerprint density at radius 1 is 1.17 bits per heavy atom. The normalized spacial score (nSPS) is 45.4. The van der Waals surface area contributed by atoms with E-state index in [4.69, 9.17) is 14.2 Å². The van der Waals surface area contributed by atoms with Gasteiger partial charge in [0.1, 0.15) is 5.60 Å².